The molecule has 2 heterocycles. The van der Waals surface area contributed by atoms with E-state index in [9.17, 15) is 8.42 Å². The van der Waals surface area contributed by atoms with Crippen molar-refractivity contribution in [2.75, 3.05) is 22.9 Å². The Morgan fingerprint density at radius 2 is 1.73 bits per heavy atom. The number of likely N-dealkylation sites (N-methyl/N-ethyl adjacent to an activating group) is 1. The normalized spacial score (nSPS) is 21.9. The second-order valence-electron chi connectivity index (χ2n) is 8.80. The molecule has 2 aliphatic heterocycles. The van der Waals surface area contributed by atoms with Crippen LogP contribution in [0.4, 0.5) is 11.4 Å². The van der Waals surface area contributed by atoms with Crippen LogP contribution in [0, 0.1) is 6.92 Å². The average Bonchev–Trinajstić information content (AvgIpc) is 3.35. The van der Waals surface area contributed by atoms with Gasteiger partial charge in [-0.25, -0.2) is 12.7 Å². The molecular weight excluding hydrogens is 432 g/mol. The van der Waals surface area contributed by atoms with Crippen LogP contribution < -0.4 is 9.21 Å². The molecule has 0 saturated carbocycles. The lowest BCUT2D eigenvalue weighted by molar-refractivity contribution is 0.0882. The van der Waals surface area contributed by atoms with Crippen molar-refractivity contribution in [3.05, 3.63) is 102 Å². The van der Waals surface area contributed by atoms with Crippen LogP contribution in [0.1, 0.15) is 24.0 Å². The summed E-state index contributed by atoms with van der Waals surface area (Å²) in [5.74, 6) is 0. The van der Waals surface area contributed by atoms with Crippen LogP contribution in [0.25, 0.3) is 0 Å². The standard InChI is InChI=1S/C27H28N2O3S/c1-21-13-15-23(16-14-21)33(30,31)29(22-9-4-3-5-10-22)19-8-17-27-18-20-32-26(27)28(2)25-12-7-6-11-24(25)27/h3-16,19,26H,17-18,20H2,1-2H3/b19-8+/t26-,27-/m0/s1. The Hall–Kier alpha value is -3.09. The molecule has 33 heavy (non-hydrogen) atoms. The molecule has 1 fully saturated rings. The van der Waals surface area contributed by atoms with Crippen LogP contribution in [-0.4, -0.2) is 28.3 Å². The van der Waals surface area contributed by atoms with Crippen LogP contribution in [0.5, 0.6) is 0 Å². The molecule has 6 heteroatoms. The number of ether oxygens (including phenoxy) is 1. The smallest absolute Gasteiger partial charge is 0.268 e. The molecule has 0 bridgehead atoms. The fourth-order valence-electron chi connectivity index (χ4n) is 5.09. The first-order chi connectivity index (χ1) is 15.9. The molecule has 0 aliphatic carbocycles. The van der Waals surface area contributed by atoms with Crippen molar-refractivity contribution in [3.63, 3.8) is 0 Å². The zero-order valence-electron chi connectivity index (χ0n) is 18.9. The molecule has 3 aromatic carbocycles. The predicted molar refractivity (Wildman–Crippen MR) is 132 cm³/mol. The number of fused-ring (bicyclic) bond motifs is 3. The molecule has 3 aromatic rings. The van der Waals surface area contributed by atoms with Crippen LogP contribution in [-0.2, 0) is 20.2 Å². The van der Waals surface area contributed by atoms with Gasteiger partial charge in [0.1, 0.15) is 6.23 Å². The second kappa shape index (κ2) is 8.36. The van der Waals surface area contributed by atoms with Gasteiger partial charge in [0.15, 0.2) is 0 Å². The summed E-state index contributed by atoms with van der Waals surface area (Å²) in [6.07, 6.45) is 5.23. The van der Waals surface area contributed by atoms with Crippen LogP contribution in [0.15, 0.2) is 96.0 Å². The Morgan fingerprint density at radius 3 is 2.48 bits per heavy atom. The van der Waals surface area contributed by atoms with Crippen molar-refractivity contribution in [1.29, 1.82) is 0 Å². The Morgan fingerprint density at radius 1 is 1.03 bits per heavy atom. The van der Waals surface area contributed by atoms with E-state index in [1.165, 1.54) is 15.6 Å². The third-order valence-corrected chi connectivity index (χ3v) is 8.50. The molecule has 2 aliphatic rings. The van der Waals surface area contributed by atoms with E-state index in [2.05, 4.69) is 30.1 Å². The van der Waals surface area contributed by atoms with Gasteiger partial charge < -0.3 is 9.64 Å². The fraction of sp³-hybridized carbons (Fsp3) is 0.259. The minimum Gasteiger partial charge on any atom is -0.357 e. The molecule has 5 rings (SSSR count). The van der Waals surface area contributed by atoms with Gasteiger partial charge in [0, 0.05) is 24.4 Å². The first-order valence-electron chi connectivity index (χ1n) is 11.2. The predicted octanol–water partition coefficient (Wildman–Crippen LogP) is 5.23. The quantitative estimate of drug-likeness (QED) is 0.506. The van der Waals surface area contributed by atoms with Crippen LogP contribution >= 0.6 is 0 Å². The van der Waals surface area contributed by atoms with Gasteiger partial charge in [-0.3, -0.25) is 0 Å². The van der Waals surface area contributed by atoms with Gasteiger partial charge in [-0.2, -0.15) is 0 Å². The summed E-state index contributed by atoms with van der Waals surface area (Å²) in [7, 11) is -1.69. The average molecular weight is 461 g/mol. The third-order valence-electron chi connectivity index (χ3n) is 6.78. The number of anilines is 2. The molecule has 0 aromatic heterocycles. The molecule has 5 nitrogen and oxygen atoms in total. The first kappa shape index (κ1) is 21.7. The highest BCUT2D eigenvalue weighted by atomic mass is 32.2. The third kappa shape index (κ3) is 3.63. The number of nitrogens with zero attached hydrogens (tertiary/aromatic N) is 2. The van der Waals surface area contributed by atoms with Crippen LogP contribution in [0.3, 0.4) is 0 Å². The van der Waals surface area contributed by atoms with Crippen LogP contribution in [0.2, 0.25) is 0 Å². The van der Waals surface area contributed by atoms with E-state index in [1.54, 1.807) is 18.3 Å². The molecule has 0 radical (unpaired) electrons. The minimum atomic E-state index is -3.76. The number of hydrogen-bond donors (Lipinski definition) is 0. The molecule has 170 valence electrons. The molecular formula is C27H28N2O3S. The Balaban J connectivity index is 1.51. The van der Waals surface area contributed by atoms with Crippen molar-refractivity contribution < 1.29 is 13.2 Å². The Kier molecular flexibility index (Phi) is 5.51. The molecule has 0 spiro atoms. The zero-order chi connectivity index (χ0) is 23.1. The van der Waals surface area contributed by atoms with Crippen molar-refractivity contribution in [3.8, 4) is 0 Å². The number of benzene rings is 3. The molecule has 0 N–H and O–H groups in total. The highest BCUT2D eigenvalue weighted by Gasteiger charge is 2.53. The lowest BCUT2D eigenvalue weighted by atomic mass is 9.77. The molecule has 1 saturated heterocycles. The number of hydrogen-bond acceptors (Lipinski definition) is 4. The van der Waals surface area contributed by atoms with Crippen molar-refractivity contribution >= 4 is 21.4 Å². The van der Waals surface area contributed by atoms with Gasteiger partial charge >= 0.3 is 0 Å². The summed E-state index contributed by atoms with van der Waals surface area (Å²) in [5, 5.41) is 0. The maximum absolute atomic E-state index is 13.6. The van der Waals surface area contributed by atoms with E-state index < -0.39 is 10.0 Å². The summed E-state index contributed by atoms with van der Waals surface area (Å²) in [4.78, 5) is 2.47. The number of allylic oxidation sites excluding steroid dienone is 1. The summed E-state index contributed by atoms with van der Waals surface area (Å²) >= 11 is 0. The summed E-state index contributed by atoms with van der Waals surface area (Å²) in [6, 6.07) is 24.6. The van der Waals surface area contributed by atoms with Crippen molar-refractivity contribution in [2.45, 2.75) is 36.3 Å². The maximum Gasteiger partial charge on any atom is 0.268 e. The van der Waals surface area contributed by atoms with Gasteiger partial charge in [0.05, 0.1) is 17.2 Å². The van der Waals surface area contributed by atoms with E-state index in [0.29, 0.717) is 18.7 Å². The number of para-hydroxylation sites is 2. The Labute approximate surface area is 196 Å². The molecule has 2 atom stereocenters. The van der Waals surface area contributed by atoms with Gasteiger partial charge in [-0.05, 0) is 55.7 Å². The number of rotatable bonds is 6. The van der Waals surface area contributed by atoms with Crippen molar-refractivity contribution in [2.24, 2.45) is 0 Å². The number of aryl methyl sites for hydroxylation is 1. The number of sulfonamides is 1. The summed E-state index contributed by atoms with van der Waals surface area (Å²) in [6.45, 7) is 2.64. The minimum absolute atomic E-state index is 0.0431. The SMILES string of the molecule is Cc1ccc(S(=O)(=O)N(/C=C/C[C@@]23CCO[C@@H]2N(C)c2ccccc23)c2ccccc2)cc1. The maximum atomic E-state index is 13.6. The van der Waals surface area contributed by atoms with E-state index in [1.807, 2.05) is 61.5 Å². The van der Waals surface area contributed by atoms with E-state index in [-0.39, 0.29) is 16.5 Å². The molecule has 0 amide bonds. The second-order valence-corrected chi connectivity index (χ2v) is 10.6. The van der Waals surface area contributed by atoms with Crippen molar-refractivity contribution in [1.82, 2.24) is 0 Å². The topological polar surface area (TPSA) is 49.9 Å². The van der Waals surface area contributed by atoms with E-state index >= 15 is 0 Å². The van der Waals surface area contributed by atoms with Gasteiger partial charge in [0.2, 0.25) is 0 Å². The highest BCUT2D eigenvalue weighted by molar-refractivity contribution is 7.93. The van der Waals surface area contributed by atoms with E-state index in [4.69, 9.17) is 4.74 Å². The summed E-state index contributed by atoms with van der Waals surface area (Å²) in [5.41, 5.74) is 3.90. The molecule has 0 unspecified atom stereocenters. The van der Waals surface area contributed by atoms with E-state index in [0.717, 1.165) is 12.0 Å². The Bertz CT molecular complexity index is 1270. The largest absolute Gasteiger partial charge is 0.357 e. The van der Waals surface area contributed by atoms with Gasteiger partial charge in [0.25, 0.3) is 10.0 Å². The first-order valence-corrected chi connectivity index (χ1v) is 12.6. The summed E-state index contributed by atoms with van der Waals surface area (Å²) < 4.78 is 34.7. The monoisotopic (exact) mass is 460 g/mol. The van der Waals surface area contributed by atoms with Gasteiger partial charge in [-0.1, -0.05) is 60.2 Å². The highest BCUT2D eigenvalue weighted by Crippen LogP contribution is 2.52. The zero-order valence-corrected chi connectivity index (χ0v) is 19.7. The fourth-order valence-corrected chi connectivity index (χ4v) is 6.44. The lowest BCUT2D eigenvalue weighted by Crippen LogP contribution is -2.39. The lowest BCUT2D eigenvalue weighted by Gasteiger charge is -2.30. The van der Waals surface area contributed by atoms with Gasteiger partial charge in [-0.15, -0.1) is 0 Å².